The Balaban J connectivity index is 2.12. The molecule has 0 spiro atoms. The van der Waals surface area contributed by atoms with Crippen LogP contribution in [0.5, 0.6) is 5.88 Å². The minimum Gasteiger partial charge on any atom is -0.479 e. The topological polar surface area (TPSA) is 51.4 Å². The molecular weight excluding hydrogens is 258 g/mol. The Morgan fingerprint density at radius 3 is 2.84 bits per heavy atom. The van der Waals surface area contributed by atoms with Crippen molar-refractivity contribution >= 4 is 22.8 Å². The van der Waals surface area contributed by atoms with E-state index in [-0.39, 0.29) is 0 Å². The van der Waals surface area contributed by atoms with Crippen molar-refractivity contribution in [3.05, 3.63) is 34.5 Å². The molecule has 0 aliphatic heterocycles. The molecule has 2 heterocycles. The smallest absolute Gasteiger partial charge is 0.238 e. The van der Waals surface area contributed by atoms with Crippen LogP contribution in [-0.4, -0.2) is 25.2 Å². The Bertz CT molecular complexity index is 527. The Hall–Kier alpha value is -1.75. The number of rotatable bonds is 5. The third kappa shape index (κ3) is 3.17. The molecular formula is C14H19N3OS. The van der Waals surface area contributed by atoms with Gasteiger partial charge in [0.2, 0.25) is 5.88 Å². The largest absolute Gasteiger partial charge is 0.479 e. The number of nitrogens with zero attached hydrogens (tertiary/aromatic N) is 2. The standard InChI is InChI=1S/C14H19N3OS/c1-10(9-11-5-4-8-19-11)17(2)13-7-6-12(15)14(16-13)18-3/h4-8,10H,9,15H2,1-3H3. The minimum atomic E-state index is 0.361. The minimum absolute atomic E-state index is 0.361. The molecule has 0 radical (unpaired) electrons. The lowest BCUT2D eigenvalue weighted by molar-refractivity contribution is 0.400. The van der Waals surface area contributed by atoms with Crippen molar-refractivity contribution in [2.45, 2.75) is 19.4 Å². The molecule has 102 valence electrons. The van der Waals surface area contributed by atoms with Crippen molar-refractivity contribution in [2.24, 2.45) is 0 Å². The van der Waals surface area contributed by atoms with E-state index in [1.807, 2.05) is 19.2 Å². The molecule has 5 heteroatoms. The molecule has 1 atom stereocenters. The first-order valence-electron chi connectivity index (χ1n) is 6.17. The molecule has 0 bridgehead atoms. The lowest BCUT2D eigenvalue weighted by Gasteiger charge is -2.26. The van der Waals surface area contributed by atoms with Crippen molar-refractivity contribution in [1.29, 1.82) is 0 Å². The number of pyridine rings is 1. The number of ether oxygens (including phenoxy) is 1. The molecule has 1 unspecified atom stereocenters. The van der Waals surface area contributed by atoms with E-state index in [4.69, 9.17) is 10.5 Å². The van der Waals surface area contributed by atoms with Gasteiger partial charge in [0.25, 0.3) is 0 Å². The number of nitrogen functional groups attached to an aromatic ring is 1. The number of hydrogen-bond donors (Lipinski definition) is 1. The number of thiophene rings is 1. The molecule has 0 aliphatic rings. The zero-order valence-corrected chi connectivity index (χ0v) is 12.3. The van der Waals surface area contributed by atoms with Gasteiger partial charge >= 0.3 is 0 Å². The number of hydrogen-bond acceptors (Lipinski definition) is 5. The van der Waals surface area contributed by atoms with E-state index in [0.717, 1.165) is 12.2 Å². The zero-order chi connectivity index (χ0) is 13.8. The van der Waals surface area contributed by atoms with Gasteiger partial charge in [-0.2, -0.15) is 4.98 Å². The van der Waals surface area contributed by atoms with Gasteiger partial charge in [-0.3, -0.25) is 0 Å². The molecule has 2 aromatic heterocycles. The third-order valence-electron chi connectivity index (χ3n) is 3.17. The fourth-order valence-electron chi connectivity index (χ4n) is 1.88. The van der Waals surface area contributed by atoms with E-state index in [1.165, 1.54) is 4.88 Å². The maximum absolute atomic E-state index is 5.78. The summed E-state index contributed by atoms with van der Waals surface area (Å²) in [5, 5.41) is 2.10. The van der Waals surface area contributed by atoms with Crippen LogP contribution in [-0.2, 0) is 6.42 Å². The first kappa shape index (κ1) is 13.7. The average Bonchev–Trinajstić information content (AvgIpc) is 2.91. The molecule has 0 fully saturated rings. The van der Waals surface area contributed by atoms with E-state index in [1.54, 1.807) is 18.4 Å². The molecule has 0 amide bonds. The molecule has 0 saturated carbocycles. The van der Waals surface area contributed by atoms with Crippen LogP contribution in [0.3, 0.4) is 0 Å². The Morgan fingerprint density at radius 1 is 1.42 bits per heavy atom. The van der Waals surface area contributed by atoms with Crippen LogP contribution in [0.4, 0.5) is 11.5 Å². The molecule has 2 N–H and O–H groups in total. The number of likely N-dealkylation sites (N-methyl/N-ethyl adjacent to an activating group) is 1. The summed E-state index contributed by atoms with van der Waals surface area (Å²) >= 11 is 1.78. The van der Waals surface area contributed by atoms with Crippen LogP contribution in [0.2, 0.25) is 0 Å². The van der Waals surface area contributed by atoms with Gasteiger partial charge in [0.05, 0.1) is 12.8 Å². The van der Waals surface area contributed by atoms with Gasteiger partial charge in [0.15, 0.2) is 0 Å². The van der Waals surface area contributed by atoms with Gasteiger partial charge in [-0.15, -0.1) is 11.3 Å². The molecule has 0 aromatic carbocycles. The monoisotopic (exact) mass is 277 g/mol. The van der Waals surface area contributed by atoms with Crippen molar-refractivity contribution in [2.75, 3.05) is 24.8 Å². The number of methoxy groups -OCH3 is 1. The summed E-state index contributed by atoms with van der Waals surface area (Å²) in [5.41, 5.74) is 6.34. The van der Waals surface area contributed by atoms with Crippen molar-refractivity contribution in [1.82, 2.24) is 4.98 Å². The number of aromatic nitrogens is 1. The van der Waals surface area contributed by atoms with Gasteiger partial charge in [-0.1, -0.05) is 6.07 Å². The summed E-state index contributed by atoms with van der Waals surface area (Å²) in [6.07, 6.45) is 1.00. The van der Waals surface area contributed by atoms with Gasteiger partial charge in [0.1, 0.15) is 5.82 Å². The quantitative estimate of drug-likeness (QED) is 0.913. The van der Waals surface area contributed by atoms with Gasteiger partial charge in [-0.25, -0.2) is 0 Å². The first-order chi connectivity index (χ1) is 9.11. The lowest BCUT2D eigenvalue weighted by atomic mass is 10.2. The summed E-state index contributed by atoms with van der Waals surface area (Å²) in [6, 6.07) is 8.35. The van der Waals surface area contributed by atoms with E-state index in [2.05, 4.69) is 34.3 Å². The number of nitrogens with two attached hydrogens (primary N) is 1. The first-order valence-corrected chi connectivity index (χ1v) is 7.05. The fraction of sp³-hybridized carbons (Fsp3) is 0.357. The second-order valence-corrected chi connectivity index (χ2v) is 5.54. The maximum atomic E-state index is 5.78. The molecule has 4 nitrogen and oxygen atoms in total. The molecule has 19 heavy (non-hydrogen) atoms. The maximum Gasteiger partial charge on any atom is 0.238 e. The highest BCUT2D eigenvalue weighted by molar-refractivity contribution is 7.09. The summed E-state index contributed by atoms with van der Waals surface area (Å²) < 4.78 is 5.16. The third-order valence-corrected chi connectivity index (χ3v) is 4.07. The fourth-order valence-corrected chi connectivity index (χ4v) is 2.71. The van der Waals surface area contributed by atoms with Gasteiger partial charge in [-0.05, 0) is 30.5 Å². The van der Waals surface area contributed by atoms with Crippen molar-refractivity contribution in [3.63, 3.8) is 0 Å². The Morgan fingerprint density at radius 2 is 2.21 bits per heavy atom. The normalized spacial score (nSPS) is 12.2. The zero-order valence-electron chi connectivity index (χ0n) is 11.5. The van der Waals surface area contributed by atoms with E-state index in [0.29, 0.717) is 17.6 Å². The van der Waals surface area contributed by atoms with Gasteiger partial charge in [0, 0.05) is 24.4 Å². The Kier molecular flexibility index (Phi) is 4.27. The summed E-state index contributed by atoms with van der Waals surface area (Å²) in [7, 11) is 3.62. The molecule has 2 rings (SSSR count). The lowest BCUT2D eigenvalue weighted by Crippen LogP contribution is -2.31. The second-order valence-electron chi connectivity index (χ2n) is 4.51. The highest BCUT2D eigenvalue weighted by Gasteiger charge is 2.14. The van der Waals surface area contributed by atoms with Crippen LogP contribution in [0.1, 0.15) is 11.8 Å². The molecule has 2 aromatic rings. The number of anilines is 2. The van der Waals surface area contributed by atoms with Gasteiger partial charge < -0.3 is 15.4 Å². The molecule has 0 saturated heterocycles. The summed E-state index contributed by atoms with van der Waals surface area (Å²) in [4.78, 5) is 7.94. The van der Waals surface area contributed by atoms with E-state index in [9.17, 15) is 0 Å². The van der Waals surface area contributed by atoms with Crippen LogP contribution in [0.25, 0.3) is 0 Å². The van der Waals surface area contributed by atoms with Crippen molar-refractivity contribution in [3.8, 4) is 5.88 Å². The van der Waals surface area contributed by atoms with Crippen molar-refractivity contribution < 1.29 is 4.74 Å². The van der Waals surface area contributed by atoms with Crippen LogP contribution in [0.15, 0.2) is 29.6 Å². The highest BCUT2D eigenvalue weighted by atomic mass is 32.1. The Labute approximate surface area is 117 Å². The average molecular weight is 277 g/mol. The van der Waals surface area contributed by atoms with E-state index < -0.39 is 0 Å². The predicted octanol–water partition coefficient (Wildman–Crippen LogP) is 2.80. The van der Waals surface area contributed by atoms with Crippen LogP contribution >= 0.6 is 11.3 Å². The van der Waals surface area contributed by atoms with E-state index >= 15 is 0 Å². The van der Waals surface area contributed by atoms with Crippen LogP contribution < -0.4 is 15.4 Å². The van der Waals surface area contributed by atoms with Crippen LogP contribution in [0, 0.1) is 0 Å². The molecule has 0 aliphatic carbocycles. The highest BCUT2D eigenvalue weighted by Crippen LogP contribution is 2.24. The summed E-state index contributed by atoms with van der Waals surface area (Å²) in [6.45, 7) is 2.18. The second kappa shape index (κ2) is 5.93. The predicted molar refractivity (Wildman–Crippen MR) is 81.1 cm³/mol. The summed E-state index contributed by atoms with van der Waals surface area (Å²) in [5.74, 6) is 1.35. The SMILES string of the molecule is COc1nc(N(C)C(C)Cc2cccs2)ccc1N.